The first kappa shape index (κ1) is 14.5. The number of aromatic carboxylic acids is 1. The van der Waals surface area contributed by atoms with E-state index in [4.69, 9.17) is 10.1 Å². The molecule has 1 saturated heterocycles. The normalized spacial score (nSPS) is 18.9. The Hall–Kier alpha value is -1.40. The Bertz CT molecular complexity index is 635. The van der Waals surface area contributed by atoms with Crippen LogP contribution in [0.3, 0.4) is 0 Å². The predicted molar refractivity (Wildman–Crippen MR) is 87.7 cm³/mol. The molecular formula is C15H18N2O2S2. The van der Waals surface area contributed by atoms with Gasteiger partial charge in [0.1, 0.15) is 4.88 Å². The molecule has 1 aliphatic heterocycles. The van der Waals surface area contributed by atoms with Gasteiger partial charge in [0.05, 0.1) is 10.6 Å². The molecule has 1 fully saturated rings. The summed E-state index contributed by atoms with van der Waals surface area (Å²) in [4.78, 5) is 19.4. The Labute approximate surface area is 132 Å². The molecule has 1 aliphatic rings. The van der Waals surface area contributed by atoms with Crippen molar-refractivity contribution in [3.05, 3.63) is 22.4 Å². The summed E-state index contributed by atoms with van der Waals surface area (Å²) < 4.78 is 0. The standard InChI is InChI=1S/C15H18N2O2S2/c1-2-10-5-3-4-8-17(10)15-16-11(9-20-15)12-6-7-13(21-12)14(18)19/h6-7,9-10H,2-5,8H2,1H3,(H,18,19)/t10-/m1/s1. The number of carbonyl (C=O) groups is 1. The van der Waals surface area contributed by atoms with E-state index in [0.717, 1.165) is 28.7 Å². The van der Waals surface area contributed by atoms with Crippen LogP contribution in [0, 0.1) is 0 Å². The maximum atomic E-state index is 11.0. The van der Waals surface area contributed by atoms with Crippen LogP contribution in [-0.4, -0.2) is 28.6 Å². The van der Waals surface area contributed by atoms with Crippen LogP contribution in [0.1, 0.15) is 42.3 Å². The number of hydrogen-bond acceptors (Lipinski definition) is 5. The van der Waals surface area contributed by atoms with Crippen molar-refractivity contribution in [2.24, 2.45) is 0 Å². The van der Waals surface area contributed by atoms with Crippen LogP contribution in [0.2, 0.25) is 0 Å². The molecule has 112 valence electrons. The topological polar surface area (TPSA) is 53.4 Å². The van der Waals surface area contributed by atoms with Gasteiger partial charge in [-0.15, -0.1) is 22.7 Å². The van der Waals surface area contributed by atoms with E-state index < -0.39 is 5.97 Å². The Balaban J connectivity index is 1.83. The Morgan fingerprint density at radius 2 is 2.33 bits per heavy atom. The third-order valence-electron chi connectivity index (χ3n) is 3.91. The quantitative estimate of drug-likeness (QED) is 0.910. The van der Waals surface area contributed by atoms with E-state index in [1.807, 2.05) is 11.4 Å². The molecule has 1 atom stereocenters. The average Bonchev–Trinajstić information content (AvgIpc) is 3.16. The lowest BCUT2D eigenvalue weighted by molar-refractivity contribution is 0.0702. The number of aromatic nitrogens is 1. The van der Waals surface area contributed by atoms with Gasteiger partial charge in [-0.3, -0.25) is 0 Å². The highest BCUT2D eigenvalue weighted by Crippen LogP contribution is 2.34. The van der Waals surface area contributed by atoms with Gasteiger partial charge in [-0.05, 0) is 37.8 Å². The van der Waals surface area contributed by atoms with E-state index in [0.29, 0.717) is 10.9 Å². The summed E-state index contributed by atoms with van der Waals surface area (Å²) >= 11 is 2.95. The Kier molecular flexibility index (Phi) is 4.26. The summed E-state index contributed by atoms with van der Waals surface area (Å²) in [6, 6.07) is 4.09. The molecule has 0 aromatic carbocycles. The molecule has 4 nitrogen and oxygen atoms in total. The summed E-state index contributed by atoms with van der Waals surface area (Å²) in [5, 5.41) is 12.1. The molecule has 0 saturated carbocycles. The lowest BCUT2D eigenvalue weighted by Gasteiger charge is -2.34. The number of nitrogens with zero attached hydrogens (tertiary/aromatic N) is 2. The summed E-state index contributed by atoms with van der Waals surface area (Å²) in [5.41, 5.74) is 0.896. The van der Waals surface area contributed by atoms with Crippen molar-refractivity contribution in [1.29, 1.82) is 0 Å². The maximum absolute atomic E-state index is 11.0. The molecule has 21 heavy (non-hydrogen) atoms. The highest BCUT2D eigenvalue weighted by atomic mass is 32.1. The summed E-state index contributed by atoms with van der Waals surface area (Å²) in [6.45, 7) is 3.31. The second-order valence-corrected chi connectivity index (χ2v) is 7.16. The zero-order valence-electron chi connectivity index (χ0n) is 11.9. The number of rotatable bonds is 4. The lowest BCUT2D eigenvalue weighted by Crippen LogP contribution is -2.39. The van der Waals surface area contributed by atoms with E-state index >= 15 is 0 Å². The number of piperidine rings is 1. The van der Waals surface area contributed by atoms with Crippen LogP contribution >= 0.6 is 22.7 Å². The predicted octanol–water partition coefficient (Wildman–Crippen LogP) is 4.34. The van der Waals surface area contributed by atoms with Crippen molar-refractivity contribution in [1.82, 2.24) is 4.98 Å². The molecule has 6 heteroatoms. The van der Waals surface area contributed by atoms with Gasteiger partial charge in [0.15, 0.2) is 5.13 Å². The van der Waals surface area contributed by atoms with E-state index in [9.17, 15) is 4.79 Å². The van der Waals surface area contributed by atoms with Crippen molar-refractivity contribution in [2.75, 3.05) is 11.4 Å². The Morgan fingerprint density at radius 3 is 3.05 bits per heavy atom. The fourth-order valence-corrected chi connectivity index (χ4v) is 4.58. The van der Waals surface area contributed by atoms with Crippen molar-refractivity contribution < 1.29 is 9.90 Å². The van der Waals surface area contributed by atoms with Gasteiger partial charge in [-0.1, -0.05) is 6.92 Å². The monoisotopic (exact) mass is 322 g/mol. The molecule has 0 amide bonds. The number of thiophene rings is 1. The largest absolute Gasteiger partial charge is 0.477 e. The molecule has 2 aromatic heterocycles. The van der Waals surface area contributed by atoms with Crippen molar-refractivity contribution in [3.63, 3.8) is 0 Å². The van der Waals surface area contributed by atoms with Gasteiger partial charge >= 0.3 is 5.97 Å². The first-order valence-corrected chi connectivity index (χ1v) is 8.94. The molecule has 0 spiro atoms. The van der Waals surface area contributed by atoms with Gasteiger partial charge in [-0.25, -0.2) is 9.78 Å². The SMILES string of the molecule is CC[C@@H]1CCCCN1c1nc(-c2ccc(C(=O)O)s2)cs1. The minimum atomic E-state index is -0.871. The highest BCUT2D eigenvalue weighted by Gasteiger charge is 2.23. The third-order valence-corrected chi connectivity index (χ3v) is 5.88. The Morgan fingerprint density at radius 1 is 1.48 bits per heavy atom. The number of carboxylic acids is 1. The van der Waals surface area contributed by atoms with Gasteiger partial charge in [0.2, 0.25) is 0 Å². The average molecular weight is 322 g/mol. The first-order chi connectivity index (χ1) is 10.2. The smallest absolute Gasteiger partial charge is 0.345 e. The van der Waals surface area contributed by atoms with Gasteiger partial charge in [0, 0.05) is 18.0 Å². The fourth-order valence-electron chi connectivity index (χ4n) is 2.78. The van der Waals surface area contributed by atoms with Crippen molar-refractivity contribution in [2.45, 2.75) is 38.6 Å². The second kappa shape index (κ2) is 6.15. The second-order valence-electron chi connectivity index (χ2n) is 5.24. The molecule has 0 aliphatic carbocycles. The molecule has 0 radical (unpaired) electrons. The minimum absolute atomic E-state index is 0.365. The van der Waals surface area contributed by atoms with E-state index in [1.54, 1.807) is 17.4 Å². The van der Waals surface area contributed by atoms with E-state index in [1.165, 1.54) is 30.6 Å². The minimum Gasteiger partial charge on any atom is -0.477 e. The van der Waals surface area contributed by atoms with Crippen LogP contribution in [-0.2, 0) is 0 Å². The van der Waals surface area contributed by atoms with Crippen LogP contribution < -0.4 is 4.90 Å². The van der Waals surface area contributed by atoms with Crippen LogP contribution in [0.4, 0.5) is 5.13 Å². The summed E-state index contributed by atoms with van der Waals surface area (Å²) in [5.74, 6) is -0.871. The van der Waals surface area contributed by atoms with E-state index in [-0.39, 0.29) is 0 Å². The van der Waals surface area contributed by atoms with E-state index in [2.05, 4.69) is 11.8 Å². The molecule has 3 heterocycles. The summed E-state index contributed by atoms with van der Waals surface area (Å²) in [7, 11) is 0. The molecule has 3 rings (SSSR count). The number of anilines is 1. The zero-order valence-corrected chi connectivity index (χ0v) is 13.5. The first-order valence-electron chi connectivity index (χ1n) is 7.24. The van der Waals surface area contributed by atoms with Crippen LogP contribution in [0.25, 0.3) is 10.6 Å². The number of hydrogen-bond donors (Lipinski definition) is 1. The van der Waals surface area contributed by atoms with Crippen molar-refractivity contribution in [3.8, 4) is 10.6 Å². The van der Waals surface area contributed by atoms with Gasteiger partial charge in [0.25, 0.3) is 0 Å². The zero-order chi connectivity index (χ0) is 14.8. The third kappa shape index (κ3) is 2.96. The van der Waals surface area contributed by atoms with Crippen molar-refractivity contribution >= 4 is 33.8 Å². The van der Waals surface area contributed by atoms with Gasteiger partial charge in [-0.2, -0.15) is 0 Å². The fraction of sp³-hybridized carbons (Fsp3) is 0.467. The molecule has 1 N–H and O–H groups in total. The highest BCUT2D eigenvalue weighted by molar-refractivity contribution is 7.18. The van der Waals surface area contributed by atoms with Crippen LogP contribution in [0.5, 0.6) is 0 Å². The molecule has 0 unspecified atom stereocenters. The molecule has 2 aromatic rings. The number of thiazole rings is 1. The van der Waals surface area contributed by atoms with Gasteiger partial charge < -0.3 is 10.0 Å². The van der Waals surface area contributed by atoms with Crippen LogP contribution in [0.15, 0.2) is 17.5 Å². The number of carboxylic acid groups (broad SMARTS) is 1. The molecule has 0 bridgehead atoms. The molecular weight excluding hydrogens is 304 g/mol. The lowest BCUT2D eigenvalue weighted by atomic mass is 10.0. The maximum Gasteiger partial charge on any atom is 0.345 e. The summed E-state index contributed by atoms with van der Waals surface area (Å²) in [6.07, 6.45) is 4.93.